The van der Waals surface area contributed by atoms with E-state index in [2.05, 4.69) is 46.5 Å². The molecule has 1 aliphatic rings. The summed E-state index contributed by atoms with van der Waals surface area (Å²) in [5.41, 5.74) is 4.10. The smallest absolute Gasteiger partial charge is 0.138 e. The van der Waals surface area contributed by atoms with E-state index in [4.69, 9.17) is 0 Å². The molecule has 1 aliphatic carbocycles. The summed E-state index contributed by atoms with van der Waals surface area (Å²) in [7, 11) is 0. The first-order valence-electron chi connectivity index (χ1n) is 7.36. The number of thiophene rings is 1. The fourth-order valence-corrected chi connectivity index (χ4v) is 4.28. The number of nitrogens with zero attached hydrogens (tertiary/aromatic N) is 2. The highest BCUT2D eigenvalue weighted by Crippen LogP contribution is 2.39. The van der Waals surface area contributed by atoms with Crippen molar-refractivity contribution in [1.29, 1.82) is 0 Å². The summed E-state index contributed by atoms with van der Waals surface area (Å²) >= 11 is 1.83. The Morgan fingerprint density at radius 3 is 3.00 bits per heavy atom. The van der Waals surface area contributed by atoms with Crippen molar-refractivity contribution in [2.45, 2.75) is 32.7 Å². The molecule has 21 heavy (non-hydrogen) atoms. The number of hydrogen-bond acceptors (Lipinski definition) is 4. The second kappa shape index (κ2) is 5.11. The highest BCUT2D eigenvalue weighted by Gasteiger charge is 2.20. The van der Waals surface area contributed by atoms with Crippen LogP contribution in [0.2, 0.25) is 0 Å². The third-order valence-corrected chi connectivity index (χ3v) is 5.41. The third kappa shape index (κ3) is 2.20. The van der Waals surface area contributed by atoms with Crippen LogP contribution in [0.4, 0.5) is 5.82 Å². The highest BCUT2D eigenvalue weighted by atomic mass is 32.1. The maximum absolute atomic E-state index is 4.49. The molecule has 0 spiro atoms. The van der Waals surface area contributed by atoms with Gasteiger partial charge in [0.1, 0.15) is 17.0 Å². The quantitative estimate of drug-likeness (QED) is 0.790. The van der Waals surface area contributed by atoms with Gasteiger partial charge in [0.15, 0.2) is 0 Å². The van der Waals surface area contributed by atoms with Crippen LogP contribution in [-0.4, -0.2) is 9.97 Å². The number of hydrogen-bond donors (Lipinski definition) is 1. The summed E-state index contributed by atoms with van der Waals surface area (Å²) in [6.45, 7) is 2.96. The second-order valence-electron chi connectivity index (χ2n) is 5.54. The Labute approximate surface area is 128 Å². The lowest BCUT2D eigenvalue weighted by Crippen LogP contribution is -2.04. The van der Waals surface area contributed by atoms with E-state index in [0.29, 0.717) is 0 Å². The summed E-state index contributed by atoms with van der Waals surface area (Å²) in [6.07, 6.45) is 5.31. The van der Waals surface area contributed by atoms with E-state index in [9.17, 15) is 0 Å². The second-order valence-corrected chi connectivity index (χ2v) is 6.62. The Morgan fingerprint density at radius 2 is 2.10 bits per heavy atom. The molecule has 0 atom stereocenters. The molecule has 2 heterocycles. The SMILES string of the molecule is Cc1ccccc1CNc1ncnc2sc3c(c12)CCC3. The van der Waals surface area contributed by atoms with Gasteiger partial charge in [0.25, 0.3) is 0 Å². The van der Waals surface area contributed by atoms with Crippen LogP contribution in [0.3, 0.4) is 0 Å². The van der Waals surface area contributed by atoms with Gasteiger partial charge in [0.2, 0.25) is 0 Å². The molecule has 3 nitrogen and oxygen atoms in total. The Hall–Kier alpha value is -1.94. The minimum absolute atomic E-state index is 0.809. The number of benzene rings is 1. The molecule has 1 N–H and O–H groups in total. The van der Waals surface area contributed by atoms with Crippen LogP contribution >= 0.6 is 11.3 Å². The molecule has 0 radical (unpaired) electrons. The Balaban J connectivity index is 1.69. The number of fused-ring (bicyclic) bond motifs is 3. The van der Waals surface area contributed by atoms with Gasteiger partial charge in [-0.05, 0) is 42.9 Å². The van der Waals surface area contributed by atoms with Gasteiger partial charge in [0.05, 0.1) is 5.39 Å². The lowest BCUT2D eigenvalue weighted by molar-refractivity contribution is 0.917. The van der Waals surface area contributed by atoms with Crippen molar-refractivity contribution in [3.8, 4) is 0 Å². The van der Waals surface area contributed by atoms with Crippen LogP contribution in [0, 0.1) is 6.92 Å². The number of rotatable bonds is 3. The zero-order valence-electron chi connectivity index (χ0n) is 12.0. The van der Waals surface area contributed by atoms with E-state index in [1.807, 2.05) is 11.3 Å². The van der Waals surface area contributed by atoms with E-state index in [1.54, 1.807) is 6.33 Å². The van der Waals surface area contributed by atoms with Crippen molar-refractivity contribution in [2.75, 3.05) is 5.32 Å². The maximum atomic E-state index is 4.49. The Kier molecular flexibility index (Phi) is 3.11. The number of nitrogens with one attached hydrogen (secondary N) is 1. The Bertz CT molecular complexity index is 807. The normalized spacial score (nSPS) is 13.6. The summed E-state index contributed by atoms with van der Waals surface area (Å²) in [5.74, 6) is 0.989. The molecule has 0 saturated carbocycles. The van der Waals surface area contributed by atoms with Gasteiger partial charge >= 0.3 is 0 Å². The van der Waals surface area contributed by atoms with Gasteiger partial charge in [-0.25, -0.2) is 9.97 Å². The van der Waals surface area contributed by atoms with Gasteiger partial charge < -0.3 is 5.32 Å². The van der Waals surface area contributed by atoms with Crippen LogP contribution in [0.15, 0.2) is 30.6 Å². The van der Waals surface area contributed by atoms with Crippen LogP contribution in [0.25, 0.3) is 10.2 Å². The topological polar surface area (TPSA) is 37.8 Å². The van der Waals surface area contributed by atoms with Crippen molar-refractivity contribution >= 4 is 27.4 Å². The molecule has 106 valence electrons. The highest BCUT2D eigenvalue weighted by molar-refractivity contribution is 7.19. The molecule has 0 aliphatic heterocycles. The van der Waals surface area contributed by atoms with E-state index in [-0.39, 0.29) is 0 Å². The molecule has 4 rings (SSSR count). The molecule has 0 fully saturated rings. The summed E-state index contributed by atoms with van der Waals surface area (Å²) < 4.78 is 0. The lowest BCUT2D eigenvalue weighted by Gasteiger charge is -2.09. The monoisotopic (exact) mass is 295 g/mol. The molecule has 4 heteroatoms. The first-order valence-corrected chi connectivity index (χ1v) is 8.18. The van der Waals surface area contributed by atoms with E-state index >= 15 is 0 Å². The fraction of sp³-hybridized carbons (Fsp3) is 0.294. The fourth-order valence-electron chi connectivity index (χ4n) is 3.05. The number of aryl methyl sites for hydroxylation is 3. The average Bonchev–Trinajstić information content (AvgIpc) is 3.07. The van der Waals surface area contributed by atoms with Crippen molar-refractivity contribution in [3.63, 3.8) is 0 Å². The molecule has 0 bridgehead atoms. The van der Waals surface area contributed by atoms with Crippen molar-refractivity contribution in [1.82, 2.24) is 9.97 Å². The molecule has 0 unspecified atom stereocenters. The van der Waals surface area contributed by atoms with Gasteiger partial charge in [-0.1, -0.05) is 24.3 Å². The van der Waals surface area contributed by atoms with Crippen LogP contribution in [0.5, 0.6) is 0 Å². The summed E-state index contributed by atoms with van der Waals surface area (Å²) in [6, 6.07) is 8.48. The predicted octanol–water partition coefficient (Wildman–Crippen LogP) is 4.10. The number of aromatic nitrogens is 2. The van der Waals surface area contributed by atoms with Crippen molar-refractivity contribution in [3.05, 3.63) is 52.2 Å². The average molecular weight is 295 g/mol. The van der Waals surface area contributed by atoms with Crippen molar-refractivity contribution in [2.24, 2.45) is 0 Å². The van der Waals surface area contributed by atoms with Crippen LogP contribution < -0.4 is 5.32 Å². The van der Waals surface area contributed by atoms with Crippen molar-refractivity contribution < 1.29 is 0 Å². The van der Waals surface area contributed by atoms with Crippen LogP contribution in [-0.2, 0) is 19.4 Å². The first-order chi connectivity index (χ1) is 10.3. The van der Waals surface area contributed by atoms with Gasteiger partial charge in [-0.3, -0.25) is 0 Å². The largest absolute Gasteiger partial charge is 0.365 e. The number of anilines is 1. The van der Waals surface area contributed by atoms with Crippen LogP contribution in [0.1, 0.15) is 28.0 Å². The van der Waals surface area contributed by atoms with E-state index < -0.39 is 0 Å². The first kappa shape index (κ1) is 12.8. The zero-order valence-corrected chi connectivity index (χ0v) is 12.8. The molecule has 0 saturated heterocycles. The standard InChI is InChI=1S/C17H17N3S/c1-11-5-2-3-6-12(11)9-18-16-15-13-7-4-8-14(13)21-17(15)20-10-19-16/h2-3,5-6,10H,4,7-9H2,1H3,(H,18,19,20). The van der Waals surface area contributed by atoms with Gasteiger partial charge in [-0.15, -0.1) is 11.3 Å². The minimum atomic E-state index is 0.809. The molecule has 2 aromatic heterocycles. The zero-order chi connectivity index (χ0) is 14.2. The predicted molar refractivity (Wildman–Crippen MR) is 87.9 cm³/mol. The minimum Gasteiger partial charge on any atom is -0.365 e. The molecule has 1 aromatic carbocycles. The third-order valence-electron chi connectivity index (χ3n) is 4.21. The van der Waals surface area contributed by atoms with Gasteiger partial charge in [0, 0.05) is 11.4 Å². The summed E-state index contributed by atoms with van der Waals surface area (Å²) in [4.78, 5) is 11.6. The molecule has 0 amide bonds. The molecular formula is C17H17N3S. The maximum Gasteiger partial charge on any atom is 0.138 e. The summed E-state index contributed by atoms with van der Waals surface area (Å²) in [5, 5.41) is 4.77. The Morgan fingerprint density at radius 1 is 1.19 bits per heavy atom. The van der Waals surface area contributed by atoms with Gasteiger partial charge in [-0.2, -0.15) is 0 Å². The molecular weight excluding hydrogens is 278 g/mol. The lowest BCUT2D eigenvalue weighted by atomic mass is 10.1. The van der Waals surface area contributed by atoms with E-state index in [1.165, 1.54) is 46.2 Å². The molecule has 3 aromatic rings. The van der Waals surface area contributed by atoms with E-state index in [0.717, 1.165) is 17.2 Å².